The molecule has 0 aromatic carbocycles. The second kappa shape index (κ2) is 22.1. The summed E-state index contributed by atoms with van der Waals surface area (Å²) in [6, 6.07) is 0.419. The largest absolute Gasteiger partial charge is 0.790 e. The molecule has 2 fully saturated rings. The molecule has 2 aliphatic rings. The topological polar surface area (TPSA) is 262 Å². The SMILES string of the molecule is O=C(CCCC[C@@H]1SC[C@@H]2NC(=O)N[C@@H]21)NCCCCCCCCCCCC(=O)OC[C@@H](O)COP(=O)([O-])[O-].[NH4+].[NH4+]. The van der Waals surface area contributed by atoms with Crippen molar-refractivity contribution < 1.29 is 43.1 Å². The van der Waals surface area contributed by atoms with Crippen molar-refractivity contribution in [3.63, 3.8) is 0 Å². The number of aliphatic hydroxyl groups is 1. The Balaban J connectivity index is 0.00000800. The molecule has 0 bridgehead atoms. The predicted octanol–water partition coefficient (Wildman–Crippen LogP) is 2.23. The number of urea groups is 1. The van der Waals surface area contributed by atoms with Crippen LogP contribution in [0.5, 0.6) is 0 Å². The fraction of sp³-hybridized carbons (Fsp3) is 0.880. The molecule has 2 heterocycles. The van der Waals surface area contributed by atoms with Crippen molar-refractivity contribution in [3.05, 3.63) is 0 Å². The number of ether oxygens (including phenoxy) is 1. The Morgan fingerprint density at radius 2 is 1.56 bits per heavy atom. The summed E-state index contributed by atoms with van der Waals surface area (Å²) in [7, 11) is -5.15. The first-order valence-electron chi connectivity index (χ1n) is 14.1. The van der Waals surface area contributed by atoms with Gasteiger partial charge in [0.15, 0.2) is 0 Å². The van der Waals surface area contributed by atoms with E-state index in [-0.39, 0.29) is 42.7 Å². The lowest BCUT2D eigenvalue weighted by Gasteiger charge is -2.29. The minimum absolute atomic E-state index is 0. The average molecular weight is 630 g/mol. The first kappa shape index (κ1) is 39.5. The number of esters is 1. The summed E-state index contributed by atoms with van der Waals surface area (Å²) in [6.07, 6.45) is 11.5. The summed E-state index contributed by atoms with van der Waals surface area (Å²) in [5.41, 5.74) is 0. The average Bonchev–Trinajstić information content (AvgIpc) is 3.43. The highest BCUT2D eigenvalue weighted by Crippen LogP contribution is 2.33. The van der Waals surface area contributed by atoms with Gasteiger partial charge in [-0.15, -0.1) is 0 Å². The third-order valence-corrected chi connectivity index (χ3v) is 8.80. The van der Waals surface area contributed by atoms with Crippen LogP contribution in [0.1, 0.15) is 89.9 Å². The molecule has 3 amide bonds. The van der Waals surface area contributed by atoms with Gasteiger partial charge in [-0.2, -0.15) is 11.8 Å². The number of rotatable bonds is 22. The molecule has 0 saturated carbocycles. The van der Waals surface area contributed by atoms with E-state index >= 15 is 0 Å². The molecule has 41 heavy (non-hydrogen) atoms. The number of unbranched alkanes of at least 4 members (excludes halogenated alkanes) is 9. The molecule has 242 valence electrons. The smallest absolute Gasteiger partial charge is 0.315 e. The minimum Gasteiger partial charge on any atom is -0.790 e. The number of aliphatic hydroxyl groups excluding tert-OH is 1. The fourth-order valence-corrected chi connectivity index (χ4v) is 6.61. The third-order valence-electron chi connectivity index (χ3n) is 6.82. The van der Waals surface area contributed by atoms with Crippen molar-refractivity contribution in [3.8, 4) is 0 Å². The van der Waals surface area contributed by atoms with E-state index in [1.54, 1.807) is 0 Å². The lowest BCUT2D eigenvalue weighted by molar-refractivity contribution is -0.342. The molecular weight excluding hydrogens is 577 g/mol. The zero-order chi connectivity index (χ0) is 28.5. The maximum Gasteiger partial charge on any atom is 0.315 e. The number of hydrogen-bond acceptors (Lipinski definition) is 10. The van der Waals surface area contributed by atoms with Gasteiger partial charge in [0.05, 0.1) is 26.5 Å². The van der Waals surface area contributed by atoms with Crippen molar-refractivity contribution >= 4 is 37.5 Å². The van der Waals surface area contributed by atoms with Crippen LogP contribution in [-0.4, -0.2) is 72.0 Å². The second-order valence-corrected chi connectivity index (χ2v) is 12.7. The number of hydrogen-bond donors (Lipinski definition) is 6. The number of carbonyl (C=O) groups excluding carboxylic acids is 3. The summed E-state index contributed by atoms with van der Waals surface area (Å²) in [5.74, 6) is 0.601. The molecule has 16 heteroatoms. The van der Waals surface area contributed by atoms with Crippen molar-refractivity contribution in [1.82, 2.24) is 28.3 Å². The minimum atomic E-state index is -5.15. The van der Waals surface area contributed by atoms with Gasteiger partial charge >= 0.3 is 12.0 Å². The first-order chi connectivity index (χ1) is 18.6. The van der Waals surface area contributed by atoms with Crippen LogP contribution in [0.3, 0.4) is 0 Å². The van der Waals surface area contributed by atoms with Gasteiger partial charge in [-0.25, -0.2) is 4.79 Å². The van der Waals surface area contributed by atoms with E-state index in [4.69, 9.17) is 4.74 Å². The van der Waals surface area contributed by atoms with Gasteiger partial charge in [0.25, 0.3) is 0 Å². The Morgan fingerprint density at radius 1 is 0.951 bits per heavy atom. The molecule has 0 radical (unpaired) electrons. The summed E-state index contributed by atoms with van der Waals surface area (Å²) < 4.78 is 19.1. The molecule has 0 spiro atoms. The number of quaternary nitrogens is 2. The lowest BCUT2D eigenvalue weighted by atomic mass is 10.0. The fourth-order valence-electron chi connectivity index (χ4n) is 4.71. The molecule has 0 unspecified atom stereocenters. The zero-order valence-electron chi connectivity index (χ0n) is 24.6. The maximum absolute atomic E-state index is 12.0. The molecule has 2 aliphatic heterocycles. The number of fused-ring (bicyclic) bond motifs is 1. The van der Waals surface area contributed by atoms with Crippen molar-refractivity contribution in [2.24, 2.45) is 0 Å². The highest BCUT2D eigenvalue weighted by Gasteiger charge is 2.42. The molecule has 0 aliphatic carbocycles. The van der Waals surface area contributed by atoms with Gasteiger partial charge in [0.2, 0.25) is 5.91 Å². The van der Waals surface area contributed by atoms with Gasteiger partial charge in [-0.1, -0.05) is 51.4 Å². The lowest BCUT2D eigenvalue weighted by Crippen LogP contribution is -2.36. The molecule has 14 nitrogen and oxygen atoms in total. The summed E-state index contributed by atoms with van der Waals surface area (Å²) in [4.78, 5) is 55.7. The van der Waals surface area contributed by atoms with Crippen LogP contribution < -0.4 is 38.0 Å². The van der Waals surface area contributed by atoms with Crippen LogP contribution in [-0.2, 0) is 23.4 Å². The van der Waals surface area contributed by atoms with E-state index in [2.05, 4.69) is 20.5 Å². The molecule has 2 rings (SSSR count). The van der Waals surface area contributed by atoms with E-state index < -0.39 is 33.1 Å². The number of thioether (sulfide) groups is 1. The van der Waals surface area contributed by atoms with Gasteiger partial charge < -0.3 is 57.0 Å². The second-order valence-electron chi connectivity index (χ2n) is 10.2. The van der Waals surface area contributed by atoms with Gasteiger partial charge in [0, 0.05) is 30.4 Å². The number of nitrogens with one attached hydrogen (secondary N) is 3. The van der Waals surface area contributed by atoms with Crippen molar-refractivity contribution in [2.45, 2.75) is 113 Å². The molecule has 2 saturated heterocycles. The Hall–Kier alpha value is -1.45. The summed E-state index contributed by atoms with van der Waals surface area (Å²) in [5, 5.41) is 18.8. The monoisotopic (exact) mass is 629 g/mol. The number of phosphoric ester groups is 1. The van der Waals surface area contributed by atoms with Crippen molar-refractivity contribution in [2.75, 3.05) is 25.5 Å². The van der Waals surface area contributed by atoms with E-state index in [0.29, 0.717) is 18.1 Å². The molecule has 4 atom stereocenters. The normalized spacial score (nSPS) is 20.2. The van der Waals surface area contributed by atoms with E-state index in [0.717, 1.165) is 82.9 Å². The third kappa shape index (κ3) is 18.6. The van der Waals surface area contributed by atoms with E-state index in [9.17, 15) is 33.8 Å². The first-order valence-corrected chi connectivity index (χ1v) is 16.6. The molecule has 0 aromatic rings. The number of phosphoric acid groups is 1. The Labute approximate surface area is 247 Å². The Kier molecular flexibility index (Phi) is 21.4. The van der Waals surface area contributed by atoms with Crippen LogP contribution in [0, 0.1) is 0 Å². The van der Waals surface area contributed by atoms with Gasteiger partial charge in [-0.3, -0.25) is 9.59 Å². The number of amides is 3. The summed E-state index contributed by atoms with van der Waals surface area (Å²) >= 11 is 1.90. The quantitative estimate of drug-likeness (QED) is 0.0440. The highest BCUT2D eigenvalue weighted by molar-refractivity contribution is 8.00. The van der Waals surface area contributed by atoms with Gasteiger partial charge in [0.1, 0.15) is 12.7 Å². The van der Waals surface area contributed by atoms with Crippen molar-refractivity contribution in [1.29, 1.82) is 0 Å². The number of carbonyl (C=O) groups is 3. The van der Waals surface area contributed by atoms with Crippen LogP contribution >= 0.6 is 19.6 Å². The predicted molar refractivity (Wildman–Crippen MR) is 156 cm³/mol. The Morgan fingerprint density at radius 3 is 2.22 bits per heavy atom. The van der Waals surface area contributed by atoms with E-state index in [1.165, 1.54) is 0 Å². The van der Waals surface area contributed by atoms with Crippen LogP contribution in [0.4, 0.5) is 4.79 Å². The standard InChI is InChI=1S/C25H46N3O9PS.2H3N/c29-19(17-37-38(33,34)35)16-36-23(31)14-8-6-4-2-1-3-5-7-11-15-26-22(30)13-10-9-12-21-24-20(18-39-21)27-25(32)28-24;;/h19-21,24,29H,1-18H2,(H,26,30)(H2,27,28,32)(H2,33,34,35);2*1H3/t19-,20+,21+,24+;;/m1../s1. The van der Waals surface area contributed by atoms with Gasteiger partial charge in [-0.05, 0) is 25.7 Å². The molecular formula is C25H52N5O9PS. The van der Waals surface area contributed by atoms with Crippen LogP contribution in [0.2, 0.25) is 0 Å². The highest BCUT2D eigenvalue weighted by atomic mass is 32.2. The molecule has 0 aromatic heterocycles. The summed E-state index contributed by atoms with van der Waals surface area (Å²) in [6.45, 7) is -0.420. The Bertz CT molecular complexity index is 807. The maximum atomic E-state index is 12.0. The van der Waals surface area contributed by atoms with Crippen LogP contribution in [0.15, 0.2) is 0 Å². The molecule has 12 N–H and O–H groups in total. The van der Waals surface area contributed by atoms with E-state index in [1.807, 2.05) is 11.8 Å². The zero-order valence-corrected chi connectivity index (χ0v) is 26.3. The van der Waals surface area contributed by atoms with Crippen LogP contribution in [0.25, 0.3) is 0 Å².